The molecule has 140 valence electrons. The standard InChI is InChI=1S/C18H14BrF2N3O3/c1-18(10-3-2-4-11(19)7-10)16(26)24(17(27)23-18)9-15(25)22-14-8-12(20)5-6-13(14)21/h2-8H,9H2,1H3,(H,22,25)(H,23,27). The van der Waals surface area contributed by atoms with Crippen molar-refractivity contribution in [2.75, 3.05) is 11.9 Å². The molecule has 1 saturated heterocycles. The Bertz CT molecular complexity index is 953. The molecule has 2 aromatic carbocycles. The van der Waals surface area contributed by atoms with E-state index in [4.69, 9.17) is 0 Å². The molecular formula is C18H14BrF2N3O3. The number of rotatable bonds is 4. The summed E-state index contributed by atoms with van der Waals surface area (Å²) in [4.78, 5) is 37.9. The maximum atomic E-state index is 13.6. The van der Waals surface area contributed by atoms with E-state index in [0.717, 1.165) is 27.6 Å². The zero-order valence-electron chi connectivity index (χ0n) is 14.1. The Morgan fingerprint density at radius 2 is 1.96 bits per heavy atom. The Morgan fingerprint density at radius 1 is 1.22 bits per heavy atom. The minimum absolute atomic E-state index is 0.373. The molecule has 1 atom stereocenters. The lowest BCUT2D eigenvalue weighted by molar-refractivity contribution is -0.133. The van der Waals surface area contributed by atoms with Crippen molar-refractivity contribution < 1.29 is 23.2 Å². The molecule has 4 amide bonds. The Hall–Kier alpha value is -2.81. The molecule has 0 spiro atoms. The van der Waals surface area contributed by atoms with E-state index in [1.807, 2.05) is 0 Å². The second kappa shape index (κ2) is 7.07. The van der Waals surface area contributed by atoms with E-state index in [0.29, 0.717) is 5.56 Å². The van der Waals surface area contributed by atoms with Gasteiger partial charge in [0.2, 0.25) is 5.91 Å². The lowest BCUT2D eigenvalue weighted by Gasteiger charge is -2.22. The SMILES string of the molecule is CC1(c2cccc(Br)c2)NC(=O)N(CC(=O)Nc2cc(F)ccc2F)C1=O. The van der Waals surface area contributed by atoms with Gasteiger partial charge >= 0.3 is 6.03 Å². The number of halogens is 3. The monoisotopic (exact) mass is 437 g/mol. The summed E-state index contributed by atoms with van der Waals surface area (Å²) < 4.78 is 27.6. The van der Waals surface area contributed by atoms with Gasteiger partial charge in [-0.25, -0.2) is 13.6 Å². The number of amides is 4. The molecule has 27 heavy (non-hydrogen) atoms. The summed E-state index contributed by atoms with van der Waals surface area (Å²) in [6.45, 7) is 0.892. The summed E-state index contributed by atoms with van der Waals surface area (Å²) in [5, 5.41) is 4.73. The smallest absolute Gasteiger partial charge is 0.322 e. The van der Waals surface area contributed by atoms with E-state index in [2.05, 4.69) is 26.6 Å². The van der Waals surface area contributed by atoms with Gasteiger partial charge < -0.3 is 10.6 Å². The molecule has 1 heterocycles. The highest BCUT2D eigenvalue weighted by Gasteiger charge is 2.49. The molecule has 1 aliphatic heterocycles. The van der Waals surface area contributed by atoms with Crippen molar-refractivity contribution in [2.45, 2.75) is 12.5 Å². The van der Waals surface area contributed by atoms with Gasteiger partial charge in [-0.2, -0.15) is 0 Å². The Kier molecular flexibility index (Phi) is 4.97. The predicted molar refractivity (Wildman–Crippen MR) is 96.7 cm³/mol. The molecule has 9 heteroatoms. The van der Waals surface area contributed by atoms with Crippen LogP contribution >= 0.6 is 15.9 Å². The zero-order valence-corrected chi connectivity index (χ0v) is 15.6. The van der Waals surface area contributed by atoms with E-state index in [1.54, 1.807) is 24.3 Å². The number of nitrogens with zero attached hydrogens (tertiary/aromatic N) is 1. The Labute approximate surface area is 161 Å². The average Bonchev–Trinajstić information content (AvgIpc) is 2.82. The van der Waals surface area contributed by atoms with Crippen molar-refractivity contribution in [3.8, 4) is 0 Å². The quantitative estimate of drug-likeness (QED) is 0.721. The first kappa shape index (κ1) is 19.0. The second-order valence-electron chi connectivity index (χ2n) is 6.13. The molecule has 1 fully saturated rings. The number of imide groups is 1. The van der Waals surface area contributed by atoms with Crippen molar-refractivity contribution in [2.24, 2.45) is 0 Å². The summed E-state index contributed by atoms with van der Waals surface area (Å²) in [6, 6.07) is 8.68. The van der Waals surface area contributed by atoms with Crippen molar-refractivity contribution in [3.63, 3.8) is 0 Å². The van der Waals surface area contributed by atoms with Gasteiger partial charge in [0.25, 0.3) is 5.91 Å². The van der Waals surface area contributed by atoms with Gasteiger partial charge in [-0.1, -0.05) is 28.1 Å². The zero-order chi connectivity index (χ0) is 19.8. The van der Waals surface area contributed by atoms with Crippen LogP contribution in [0.4, 0.5) is 19.3 Å². The molecule has 0 radical (unpaired) electrons. The molecule has 0 aliphatic carbocycles. The summed E-state index contributed by atoms with van der Waals surface area (Å²) in [5.41, 5.74) is -1.18. The number of benzene rings is 2. The van der Waals surface area contributed by atoms with Crippen LogP contribution in [0.25, 0.3) is 0 Å². The van der Waals surface area contributed by atoms with E-state index >= 15 is 0 Å². The minimum atomic E-state index is -1.34. The third kappa shape index (κ3) is 3.68. The van der Waals surface area contributed by atoms with Crippen LogP contribution in [0.15, 0.2) is 46.9 Å². The average molecular weight is 438 g/mol. The number of hydrogen-bond acceptors (Lipinski definition) is 3. The lowest BCUT2D eigenvalue weighted by Crippen LogP contribution is -2.42. The highest BCUT2D eigenvalue weighted by Crippen LogP contribution is 2.30. The molecule has 0 bridgehead atoms. The number of urea groups is 1. The molecule has 2 N–H and O–H groups in total. The first-order valence-corrected chi connectivity index (χ1v) is 8.65. The summed E-state index contributed by atoms with van der Waals surface area (Å²) in [5.74, 6) is -3.02. The van der Waals surface area contributed by atoms with Crippen molar-refractivity contribution in [3.05, 3.63) is 64.1 Å². The molecule has 0 aromatic heterocycles. The van der Waals surface area contributed by atoms with Crippen LogP contribution in [0.1, 0.15) is 12.5 Å². The molecule has 6 nitrogen and oxygen atoms in total. The third-order valence-electron chi connectivity index (χ3n) is 4.18. The van der Waals surface area contributed by atoms with Crippen LogP contribution in [0.2, 0.25) is 0 Å². The fourth-order valence-corrected chi connectivity index (χ4v) is 3.16. The van der Waals surface area contributed by atoms with E-state index < -0.39 is 41.6 Å². The van der Waals surface area contributed by atoms with Gasteiger partial charge in [0.15, 0.2) is 0 Å². The largest absolute Gasteiger partial charge is 0.325 e. The number of carbonyl (C=O) groups excluding carboxylic acids is 3. The maximum absolute atomic E-state index is 13.6. The summed E-state index contributed by atoms with van der Waals surface area (Å²) in [6.07, 6.45) is 0. The van der Waals surface area contributed by atoms with Crippen molar-refractivity contribution >= 4 is 39.5 Å². The Balaban J connectivity index is 1.77. The first-order valence-electron chi connectivity index (χ1n) is 7.86. The van der Waals surface area contributed by atoms with Gasteiger partial charge in [-0.05, 0) is 36.8 Å². The maximum Gasteiger partial charge on any atom is 0.325 e. The lowest BCUT2D eigenvalue weighted by atomic mass is 9.92. The van der Waals surface area contributed by atoms with Crippen LogP contribution in [0.3, 0.4) is 0 Å². The fraction of sp³-hybridized carbons (Fsp3) is 0.167. The molecule has 1 unspecified atom stereocenters. The van der Waals surface area contributed by atoms with Gasteiger partial charge in [0, 0.05) is 10.5 Å². The Morgan fingerprint density at radius 3 is 2.67 bits per heavy atom. The van der Waals surface area contributed by atoms with Crippen LogP contribution < -0.4 is 10.6 Å². The molecule has 0 saturated carbocycles. The summed E-state index contributed by atoms with van der Waals surface area (Å²) in [7, 11) is 0. The van der Waals surface area contributed by atoms with Crippen LogP contribution in [0.5, 0.6) is 0 Å². The van der Waals surface area contributed by atoms with E-state index in [1.165, 1.54) is 6.92 Å². The molecule has 2 aromatic rings. The normalized spacial score (nSPS) is 19.2. The number of carbonyl (C=O) groups is 3. The van der Waals surface area contributed by atoms with Crippen molar-refractivity contribution in [1.29, 1.82) is 0 Å². The number of hydrogen-bond donors (Lipinski definition) is 2. The van der Waals surface area contributed by atoms with Crippen LogP contribution in [-0.4, -0.2) is 29.3 Å². The highest BCUT2D eigenvalue weighted by molar-refractivity contribution is 9.10. The number of anilines is 1. The first-order chi connectivity index (χ1) is 12.7. The highest BCUT2D eigenvalue weighted by atomic mass is 79.9. The predicted octanol–water partition coefficient (Wildman–Crippen LogP) is 3.13. The van der Waals surface area contributed by atoms with Crippen LogP contribution in [0, 0.1) is 11.6 Å². The van der Waals surface area contributed by atoms with Crippen molar-refractivity contribution in [1.82, 2.24) is 10.2 Å². The van der Waals surface area contributed by atoms with Gasteiger partial charge in [-0.15, -0.1) is 0 Å². The minimum Gasteiger partial charge on any atom is -0.322 e. The fourth-order valence-electron chi connectivity index (χ4n) is 2.76. The van der Waals surface area contributed by atoms with Gasteiger partial charge in [0.1, 0.15) is 23.7 Å². The van der Waals surface area contributed by atoms with Crippen LogP contribution in [-0.2, 0) is 15.1 Å². The molecule has 3 rings (SSSR count). The molecular weight excluding hydrogens is 424 g/mol. The number of nitrogens with one attached hydrogen (secondary N) is 2. The molecule has 1 aliphatic rings. The summed E-state index contributed by atoms with van der Waals surface area (Å²) >= 11 is 3.31. The topological polar surface area (TPSA) is 78.5 Å². The van der Waals surface area contributed by atoms with Gasteiger partial charge in [-0.3, -0.25) is 14.5 Å². The third-order valence-corrected chi connectivity index (χ3v) is 4.67. The van der Waals surface area contributed by atoms with E-state index in [-0.39, 0.29) is 5.69 Å². The second-order valence-corrected chi connectivity index (χ2v) is 7.04. The van der Waals surface area contributed by atoms with E-state index in [9.17, 15) is 23.2 Å². The van der Waals surface area contributed by atoms with Gasteiger partial charge in [0.05, 0.1) is 5.69 Å².